The van der Waals surface area contributed by atoms with Gasteiger partial charge in [0.15, 0.2) is 17.4 Å². The molecule has 0 amide bonds. The van der Waals surface area contributed by atoms with Crippen LogP contribution in [0, 0.1) is 11.6 Å². The lowest BCUT2D eigenvalue weighted by Gasteiger charge is -2.09. The molecular formula is C13H8Cl2F2O3S. The summed E-state index contributed by atoms with van der Waals surface area (Å²) in [7, 11) is 0.811. The second kappa shape index (κ2) is 6.17. The number of benzene rings is 2. The summed E-state index contributed by atoms with van der Waals surface area (Å²) < 4.78 is 54.5. The van der Waals surface area contributed by atoms with Crippen molar-refractivity contribution < 1.29 is 21.9 Å². The van der Waals surface area contributed by atoms with Crippen molar-refractivity contribution in [2.75, 3.05) is 0 Å². The molecule has 0 aromatic heterocycles. The molecule has 0 fully saturated rings. The third kappa shape index (κ3) is 4.06. The highest BCUT2D eigenvalue weighted by Gasteiger charge is 2.19. The Morgan fingerprint density at radius 1 is 1.10 bits per heavy atom. The zero-order valence-electron chi connectivity index (χ0n) is 10.3. The Hall–Kier alpha value is -1.37. The molecule has 21 heavy (non-hydrogen) atoms. The molecule has 8 heteroatoms. The van der Waals surface area contributed by atoms with Gasteiger partial charge in [-0.25, -0.2) is 17.2 Å². The van der Waals surface area contributed by atoms with Gasteiger partial charge in [0.25, 0.3) is 9.05 Å². The van der Waals surface area contributed by atoms with E-state index in [4.69, 9.17) is 27.0 Å². The fourth-order valence-electron chi connectivity index (χ4n) is 1.60. The number of ether oxygens (including phenoxy) is 1. The number of hydrogen-bond donors (Lipinski definition) is 0. The van der Waals surface area contributed by atoms with Crippen molar-refractivity contribution in [1.82, 2.24) is 0 Å². The molecular weight excluding hydrogens is 345 g/mol. The molecule has 0 saturated carbocycles. The van der Waals surface area contributed by atoms with Gasteiger partial charge < -0.3 is 4.74 Å². The van der Waals surface area contributed by atoms with Crippen LogP contribution < -0.4 is 4.74 Å². The second-order valence-corrected chi connectivity index (χ2v) is 7.07. The molecule has 0 bridgehead atoms. The number of halogens is 4. The predicted molar refractivity (Wildman–Crippen MR) is 75.2 cm³/mol. The SMILES string of the molecule is O=S(=O)(Cl)c1cc(F)c(OCc2cccc(Cl)c2)c(F)c1. The van der Waals surface area contributed by atoms with Crippen molar-refractivity contribution >= 4 is 31.3 Å². The van der Waals surface area contributed by atoms with Gasteiger partial charge in [-0.2, -0.15) is 0 Å². The Labute approximate surface area is 129 Å². The van der Waals surface area contributed by atoms with Crippen molar-refractivity contribution in [2.45, 2.75) is 11.5 Å². The monoisotopic (exact) mass is 352 g/mol. The predicted octanol–water partition coefficient (Wildman–Crippen LogP) is 4.12. The molecule has 0 saturated heterocycles. The van der Waals surface area contributed by atoms with Gasteiger partial charge in [-0.05, 0) is 29.8 Å². The Bertz CT molecular complexity index is 756. The topological polar surface area (TPSA) is 43.4 Å². The molecule has 0 radical (unpaired) electrons. The molecule has 0 spiro atoms. The normalized spacial score (nSPS) is 11.4. The van der Waals surface area contributed by atoms with Crippen molar-refractivity contribution in [3.05, 3.63) is 58.6 Å². The van der Waals surface area contributed by atoms with Crippen LogP contribution in [0.15, 0.2) is 41.3 Å². The van der Waals surface area contributed by atoms with Crippen molar-refractivity contribution in [2.24, 2.45) is 0 Å². The molecule has 0 atom stereocenters. The zero-order valence-corrected chi connectivity index (χ0v) is 12.6. The first-order chi connectivity index (χ1) is 9.77. The van der Waals surface area contributed by atoms with E-state index in [1.54, 1.807) is 24.3 Å². The maximum absolute atomic E-state index is 13.7. The van der Waals surface area contributed by atoms with Gasteiger partial charge in [0.05, 0.1) is 4.90 Å². The van der Waals surface area contributed by atoms with E-state index in [1.807, 2.05) is 0 Å². The third-order valence-electron chi connectivity index (χ3n) is 2.53. The van der Waals surface area contributed by atoms with E-state index in [0.29, 0.717) is 22.7 Å². The molecule has 112 valence electrons. The van der Waals surface area contributed by atoms with Crippen LogP contribution in [0.25, 0.3) is 0 Å². The molecule has 0 aliphatic carbocycles. The Balaban J connectivity index is 2.25. The highest BCUT2D eigenvalue weighted by atomic mass is 35.7. The maximum Gasteiger partial charge on any atom is 0.261 e. The molecule has 0 N–H and O–H groups in total. The minimum absolute atomic E-state index is 0.124. The summed E-state index contributed by atoms with van der Waals surface area (Å²) in [5.74, 6) is -2.99. The van der Waals surface area contributed by atoms with E-state index in [0.717, 1.165) is 0 Å². The first-order valence-electron chi connectivity index (χ1n) is 5.58. The molecule has 0 heterocycles. The van der Waals surface area contributed by atoms with Crippen LogP contribution in [-0.2, 0) is 15.7 Å². The number of hydrogen-bond acceptors (Lipinski definition) is 3. The molecule has 2 rings (SSSR count). The van der Waals surface area contributed by atoms with Crippen LogP contribution in [-0.4, -0.2) is 8.42 Å². The Kier molecular flexibility index (Phi) is 4.70. The summed E-state index contributed by atoms with van der Waals surface area (Å²) in [5, 5.41) is 0.459. The summed E-state index contributed by atoms with van der Waals surface area (Å²) in [4.78, 5) is -0.672. The molecule has 0 aliphatic heterocycles. The van der Waals surface area contributed by atoms with E-state index in [-0.39, 0.29) is 6.61 Å². The van der Waals surface area contributed by atoms with Gasteiger partial charge in [-0.3, -0.25) is 0 Å². The lowest BCUT2D eigenvalue weighted by Crippen LogP contribution is -2.02. The van der Waals surface area contributed by atoms with Crippen molar-refractivity contribution in [3.63, 3.8) is 0 Å². The van der Waals surface area contributed by atoms with Gasteiger partial charge in [-0.1, -0.05) is 23.7 Å². The standard InChI is InChI=1S/C13H8Cl2F2O3S/c14-9-3-1-2-8(4-9)7-20-13-11(16)5-10(6-12(13)17)21(15,18)19/h1-6H,7H2. The van der Waals surface area contributed by atoms with Gasteiger partial charge in [0.1, 0.15) is 6.61 Å². The highest BCUT2D eigenvalue weighted by molar-refractivity contribution is 8.13. The smallest absolute Gasteiger partial charge is 0.261 e. The molecule has 0 unspecified atom stereocenters. The van der Waals surface area contributed by atoms with Crippen molar-refractivity contribution in [1.29, 1.82) is 0 Å². The summed E-state index contributed by atoms with van der Waals surface area (Å²) >= 11 is 5.78. The van der Waals surface area contributed by atoms with Crippen LogP contribution in [0.2, 0.25) is 5.02 Å². The van der Waals surface area contributed by atoms with Crippen LogP contribution in [0.5, 0.6) is 5.75 Å². The van der Waals surface area contributed by atoms with Gasteiger partial charge in [0.2, 0.25) is 0 Å². The lowest BCUT2D eigenvalue weighted by molar-refractivity contribution is 0.273. The van der Waals surface area contributed by atoms with Crippen LogP contribution in [0.1, 0.15) is 5.56 Å². The third-order valence-corrected chi connectivity index (χ3v) is 4.09. The van der Waals surface area contributed by atoms with E-state index >= 15 is 0 Å². The summed E-state index contributed by atoms with van der Waals surface area (Å²) in [6, 6.07) is 7.74. The van der Waals surface area contributed by atoms with E-state index in [2.05, 4.69) is 0 Å². The fourth-order valence-corrected chi connectivity index (χ4v) is 2.57. The molecule has 2 aromatic rings. The summed E-state index contributed by atoms with van der Waals surface area (Å²) in [5.41, 5.74) is 0.607. The van der Waals surface area contributed by atoms with Crippen molar-refractivity contribution in [3.8, 4) is 5.75 Å². The summed E-state index contributed by atoms with van der Waals surface area (Å²) in [6.07, 6.45) is 0. The molecule has 3 nitrogen and oxygen atoms in total. The van der Waals surface area contributed by atoms with E-state index in [1.165, 1.54) is 0 Å². The van der Waals surface area contributed by atoms with Gasteiger partial charge in [-0.15, -0.1) is 0 Å². The average molecular weight is 353 g/mol. The van der Waals surface area contributed by atoms with Crippen LogP contribution >= 0.6 is 22.3 Å². The van der Waals surface area contributed by atoms with E-state index in [9.17, 15) is 17.2 Å². The summed E-state index contributed by atoms with van der Waals surface area (Å²) in [6.45, 7) is -0.124. The molecule has 2 aromatic carbocycles. The van der Waals surface area contributed by atoms with Crippen LogP contribution in [0.4, 0.5) is 8.78 Å². The Morgan fingerprint density at radius 3 is 2.24 bits per heavy atom. The minimum atomic E-state index is -4.22. The highest BCUT2D eigenvalue weighted by Crippen LogP contribution is 2.28. The first-order valence-corrected chi connectivity index (χ1v) is 8.27. The average Bonchev–Trinajstić information content (AvgIpc) is 2.36. The fraction of sp³-hybridized carbons (Fsp3) is 0.0769. The molecule has 0 aliphatic rings. The zero-order chi connectivity index (χ0) is 15.6. The van der Waals surface area contributed by atoms with E-state index < -0.39 is 31.3 Å². The largest absolute Gasteiger partial charge is 0.483 e. The minimum Gasteiger partial charge on any atom is -0.483 e. The quantitative estimate of drug-likeness (QED) is 0.777. The van der Waals surface area contributed by atoms with Gasteiger partial charge in [0, 0.05) is 15.7 Å². The number of rotatable bonds is 4. The lowest BCUT2D eigenvalue weighted by atomic mass is 10.2. The van der Waals surface area contributed by atoms with Gasteiger partial charge >= 0.3 is 0 Å². The Morgan fingerprint density at radius 2 is 1.71 bits per heavy atom. The maximum atomic E-state index is 13.7. The first kappa shape index (κ1) is 16.0. The second-order valence-electron chi connectivity index (χ2n) is 4.07. The van der Waals surface area contributed by atoms with Crippen LogP contribution in [0.3, 0.4) is 0 Å².